The molecule has 0 saturated carbocycles. The largest absolute Gasteiger partial charge is 0.506 e. The van der Waals surface area contributed by atoms with Gasteiger partial charge in [0.1, 0.15) is 5.75 Å². The van der Waals surface area contributed by atoms with Gasteiger partial charge in [-0.3, -0.25) is 4.79 Å². The van der Waals surface area contributed by atoms with Gasteiger partial charge in [-0.15, -0.1) is 0 Å². The van der Waals surface area contributed by atoms with E-state index in [1.807, 2.05) is 0 Å². The third-order valence-electron chi connectivity index (χ3n) is 2.70. The number of phenols is 1. The number of phenolic OH excluding ortho intramolecular Hbond substituents is 1. The molecule has 1 fully saturated rings. The quantitative estimate of drug-likeness (QED) is 0.774. The number of halogens is 3. The zero-order valence-corrected chi connectivity index (χ0v) is 10.0. The molecule has 1 aliphatic heterocycles. The highest BCUT2D eigenvalue weighted by atomic mass is 32.1. The van der Waals surface area contributed by atoms with Crippen LogP contribution in [0.2, 0.25) is 0 Å². The number of alkyl halides is 3. The number of anilines is 1. The molecule has 0 radical (unpaired) electrons. The van der Waals surface area contributed by atoms with E-state index in [1.54, 1.807) is 0 Å². The van der Waals surface area contributed by atoms with Crippen molar-refractivity contribution in [2.45, 2.75) is 17.8 Å². The van der Waals surface area contributed by atoms with E-state index >= 15 is 0 Å². The van der Waals surface area contributed by atoms with Crippen LogP contribution in [-0.4, -0.2) is 22.8 Å². The Morgan fingerprint density at radius 2 is 2.06 bits per heavy atom. The maximum Gasteiger partial charge on any atom is 0.416 e. The third kappa shape index (κ3) is 2.40. The molecule has 0 aromatic heterocycles. The minimum Gasteiger partial charge on any atom is -0.506 e. The van der Waals surface area contributed by atoms with Crippen molar-refractivity contribution in [1.29, 1.82) is 0 Å². The van der Waals surface area contributed by atoms with Gasteiger partial charge in [0.05, 0.1) is 11.3 Å². The summed E-state index contributed by atoms with van der Waals surface area (Å²) in [5.74, 6) is -0.691. The number of carbonyl (C=O) groups is 1. The van der Waals surface area contributed by atoms with Crippen molar-refractivity contribution in [1.82, 2.24) is 0 Å². The van der Waals surface area contributed by atoms with Gasteiger partial charge in [-0.1, -0.05) is 0 Å². The topological polar surface area (TPSA) is 40.5 Å². The minimum atomic E-state index is -4.51. The number of hydrogen-bond donors (Lipinski definition) is 2. The summed E-state index contributed by atoms with van der Waals surface area (Å²) in [6.45, 7) is 0.191. The maximum atomic E-state index is 12.6. The summed E-state index contributed by atoms with van der Waals surface area (Å²) in [6.07, 6.45) is -4.36. The summed E-state index contributed by atoms with van der Waals surface area (Å²) >= 11 is 4.11. The summed E-state index contributed by atoms with van der Waals surface area (Å²) < 4.78 is 37.7. The van der Waals surface area contributed by atoms with Gasteiger partial charge in [0, 0.05) is 18.2 Å². The number of carbonyl (C=O) groups excluding carboxylic acids is 1. The van der Waals surface area contributed by atoms with Crippen molar-refractivity contribution in [3.63, 3.8) is 0 Å². The first kappa shape index (κ1) is 13.1. The molecule has 0 aliphatic carbocycles. The zero-order chi connectivity index (χ0) is 13.5. The van der Waals surface area contributed by atoms with Crippen molar-refractivity contribution >= 4 is 24.2 Å². The first-order chi connectivity index (χ1) is 8.29. The third-order valence-corrected chi connectivity index (χ3v) is 3.04. The van der Waals surface area contributed by atoms with Crippen molar-refractivity contribution in [2.75, 3.05) is 11.4 Å². The fraction of sp³-hybridized carbons (Fsp3) is 0.364. The van der Waals surface area contributed by atoms with Gasteiger partial charge in [0.25, 0.3) is 0 Å². The summed E-state index contributed by atoms with van der Waals surface area (Å²) in [5.41, 5.74) is -1.02. The second kappa shape index (κ2) is 4.38. The van der Waals surface area contributed by atoms with E-state index < -0.39 is 11.7 Å². The van der Waals surface area contributed by atoms with Crippen LogP contribution < -0.4 is 4.90 Å². The molecule has 1 atom stereocenters. The number of amides is 1. The van der Waals surface area contributed by atoms with E-state index in [0.717, 1.165) is 23.1 Å². The van der Waals surface area contributed by atoms with Crippen molar-refractivity contribution in [2.24, 2.45) is 0 Å². The molecule has 0 bridgehead atoms. The molecule has 1 aromatic carbocycles. The van der Waals surface area contributed by atoms with Gasteiger partial charge < -0.3 is 10.0 Å². The minimum absolute atomic E-state index is 0.119. The Morgan fingerprint density at radius 1 is 1.39 bits per heavy atom. The Morgan fingerprint density at radius 3 is 2.56 bits per heavy atom. The number of aromatic hydroxyl groups is 1. The summed E-state index contributed by atoms with van der Waals surface area (Å²) in [5, 5.41) is 9.35. The highest BCUT2D eigenvalue weighted by molar-refractivity contribution is 7.81. The Labute approximate surface area is 107 Å². The Bertz CT molecular complexity index is 490. The fourth-order valence-electron chi connectivity index (χ4n) is 1.84. The smallest absolute Gasteiger partial charge is 0.416 e. The molecule has 1 aliphatic rings. The molecular formula is C11H10F3NO2S. The predicted octanol–water partition coefficient (Wildman–Crippen LogP) is 2.45. The van der Waals surface area contributed by atoms with Crippen molar-refractivity contribution < 1.29 is 23.1 Å². The molecule has 1 aromatic rings. The Kier molecular flexibility index (Phi) is 3.18. The Hall–Kier alpha value is -1.37. The zero-order valence-electron chi connectivity index (χ0n) is 9.11. The molecule has 1 heterocycles. The molecule has 7 heteroatoms. The van der Waals surface area contributed by atoms with E-state index in [2.05, 4.69) is 12.6 Å². The molecule has 1 saturated heterocycles. The first-order valence-electron chi connectivity index (χ1n) is 5.17. The standard InChI is InChI=1S/C11H10F3NO2S/c12-11(13,14)6-1-2-9(16)8(3-6)15-5-7(18)4-10(15)17/h1-3,7,16,18H,4-5H2. The summed E-state index contributed by atoms with van der Waals surface area (Å²) in [6, 6.07) is 2.49. The maximum absolute atomic E-state index is 12.6. The van der Waals surface area contributed by atoms with E-state index in [0.29, 0.717) is 0 Å². The number of thiol groups is 1. The lowest BCUT2D eigenvalue weighted by Gasteiger charge is -2.19. The second-order valence-electron chi connectivity index (χ2n) is 4.06. The van der Waals surface area contributed by atoms with Crippen LogP contribution in [-0.2, 0) is 11.0 Å². The molecule has 18 heavy (non-hydrogen) atoms. The fourth-order valence-corrected chi connectivity index (χ4v) is 2.16. The normalized spacial score (nSPS) is 20.6. The van der Waals surface area contributed by atoms with Gasteiger partial charge in [-0.2, -0.15) is 25.8 Å². The van der Waals surface area contributed by atoms with Crippen LogP contribution in [0.15, 0.2) is 18.2 Å². The molecule has 1 amide bonds. The molecule has 3 nitrogen and oxygen atoms in total. The van der Waals surface area contributed by atoms with Crippen molar-refractivity contribution in [3.05, 3.63) is 23.8 Å². The number of rotatable bonds is 1. The van der Waals surface area contributed by atoms with E-state index in [9.17, 15) is 23.1 Å². The molecule has 1 N–H and O–H groups in total. The van der Waals surface area contributed by atoms with Crippen molar-refractivity contribution in [3.8, 4) is 5.75 Å². The molecular weight excluding hydrogens is 267 g/mol. The number of benzene rings is 1. The van der Waals surface area contributed by atoms with Crippen LogP contribution in [0, 0.1) is 0 Å². The predicted molar refractivity (Wildman–Crippen MR) is 62.9 cm³/mol. The van der Waals surface area contributed by atoms with E-state index in [4.69, 9.17) is 0 Å². The summed E-state index contributed by atoms with van der Waals surface area (Å²) in [7, 11) is 0. The van der Waals surface area contributed by atoms with Gasteiger partial charge in [-0.25, -0.2) is 0 Å². The highest BCUT2D eigenvalue weighted by Gasteiger charge is 2.34. The van der Waals surface area contributed by atoms with Gasteiger partial charge in [0.2, 0.25) is 5.91 Å². The van der Waals surface area contributed by atoms with Crippen LogP contribution in [0.5, 0.6) is 5.75 Å². The molecule has 98 valence electrons. The average molecular weight is 277 g/mol. The Balaban J connectivity index is 2.41. The van der Waals surface area contributed by atoms with Crippen LogP contribution in [0.4, 0.5) is 18.9 Å². The SMILES string of the molecule is O=C1CC(S)CN1c1cc(C(F)(F)F)ccc1O. The molecule has 1 unspecified atom stereocenters. The van der Waals surface area contributed by atoms with Crippen LogP contribution >= 0.6 is 12.6 Å². The average Bonchev–Trinajstić information content (AvgIpc) is 2.56. The monoisotopic (exact) mass is 277 g/mol. The first-order valence-corrected chi connectivity index (χ1v) is 5.69. The number of hydrogen-bond acceptors (Lipinski definition) is 3. The lowest BCUT2D eigenvalue weighted by atomic mass is 10.1. The van der Waals surface area contributed by atoms with Gasteiger partial charge >= 0.3 is 6.18 Å². The molecule has 0 spiro atoms. The van der Waals surface area contributed by atoms with Gasteiger partial charge in [-0.05, 0) is 18.2 Å². The van der Waals surface area contributed by atoms with Gasteiger partial charge in [0.15, 0.2) is 0 Å². The van der Waals surface area contributed by atoms with E-state index in [1.165, 1.54) is 0 Å². The van der Waals surface area contributed by atoms with Crippen LogP contribution in [0.25, 0.3) is 0 Å². The highest BCUT2D eigenvalue weighted by Crippen LogP contribution is 2.37. The van der Waals surface area contributed by atoms with Crippen LogP contribution in [0.3, 0.4) is 0 Å². The lowest BCUT2D eigenvalue weighted by Crippen LogP contribution is -2.25. The molecule has 2 rings (SSSR count). The number of nitrogens with zero attached hydrogens (tertiary/aromatic N) is 1. The second-order valence-corrected chi connectivity index (χ2v) is 4.79. The van der Waals surface area contributed by atoms with Crippen LogP contribution in [0.1, 0.15) is 12.0 Å². The van der Waals surface area contributed by atoms with E-state index in [-0.39, 0.29) is 35.6 Å². The lowest BCUT2D eigenvalue weighted by molar-refractivity contribution is -0.137. The summed E-state index contributed by atoms with van der Waals surface area (Å²) in [4.78, 5) is 12.7.